The average Bonchev–Trinajstić information content (AvgIpc) is 2.76. The van der Waals surface area contributed by atoms with E-state index in [-0.39, 0.29) is 0 Å². The number of methoxy groups -OCH3 is 1. The molecule has 1 fully saturated rings. The normalized spacial score (nSPS) is 21.0. The summed E-state index contributed by atoms with van der Waals surface area (Å²) in [5.41, 5.74) is 3.84. The number of hydrogen-bond acceptors (Lipinski definition) is 3. The van der Waals surface area contributed by atoms with Gasteiger partial charge in [-0.3, -0.25) is 4.98 Å². The van der Waals surface area contributed by atoms with Gasteiger partial charge in [0.2, 0.25) is 0 Å². The zero-order chi connectivity index (χ0) is 19.2. The number of benzene rings is 1. The number of hydrogen-bond donors (Lipinski definition) is 0. The van der Waals surface area contributed by atoms with E-state index in [1.54, 1.807) is 7.11 Å². The predicted octanol–water partition coefficient (Wildman–Crippen LogP) is 5.22. The molecule has 148 valence electrons. The van der Waals surface area contributed by atoms with Crippen LogP contribution >= 0.6 is 0 Å². The van der Waals surface area contributed by atoms with Crippen LogP contribution in [0.5, 0.6) is 5.75 Å². The number of nitrogens with zero attached hydrogens (tertiary/aromatic N) is 2. The minimum absolute atomic E-state index is 0.623. The number of aromatic nitrogens is 1. The summed E-state index contributed by atoms with van der Waals surface area (Å²) in [6.45, 7) is 3.73. The van der Waals surface area contributed by atoms with E-state index in [2.05, 4.69) is 47.5 Å². The van der Waals surface area contributed by atoms with Gasteiger partial charge in [-0.25, -0.2) is 0 Å². The van der Waals surface area contributed by atoms with E-state index in [1.807, 2.05) is 12.1 Å². The monoisotopic (exact) mass is 376 g/mol. The van der Waals surface area contributed by atoms with E-state index >= 15 is 0 Å². The van der Waals surface area contributed by atoms with Gasteiger partial charge in [-0.1, -0.05) is 30.4 Å². The molecular formula is C25H32N2O. The molecule has 0 spiro atoms. The SMILES string of the molecule is COc1ccc(Cc2ccc(C3CCN(C[C@@H]4CC=CCC4)CC3)nc2)cc1. The van der Waals surface area contributed by atoms with E-state index < -0.39 is 0 Å². The summed E-state index contributed by atoms with van der Waals surface area (Å²) in [5.74, 6) is 2.40. The number of ether oxygens (including phenoxy) is 1. The summed E-state index contributed by atoms with van der Waals surface area (Å²) in [6.07, 6.45) is 14.1. The molecule has 2 aliphatic rings. The van der Waals surface area contributed by atoms with Crippen molar-refractivity contribution in [1.82, 2.24) is 9.88 Å². The highest BCUT2D eigenvalue weighted by atomic mass is 16.5. The van der Waals surface area contributed by atoms with E-state index in [9.17, 15) is 0 Å². The highest BCUT2D eigenvalue weighted by molar-refractivity contribution is 5.31. The molecule has 3 heteroatoms. The van der Waals surface area contributed by atoms with Crippen molar-refractivity contribution >= 4 is 0 Å². The lowest BCUT2D eigenvalue weighted by atomic mass is 9.90. The number of pyridine rings is 1. The lowest BCUT2D eigenvalue weighted by molar-refractivity contribution is 0.177. The fraction of sp³-hybridized carbons (Fsp3) is 0.480. The van der Waals surface area contributed by atoms with Crippen molar-refractivity contribution in [2.24, 2.45) is 5.92 Å². The summed E-state index contributed by atoms with van der Waals surface area (Å²) in [7, 11) is 1.70. The molecule has 1 aliphatic carbocycles. The number of allylic oxidation sites excluding steroid dienone is 2. The van der Waals surface area contributed by atoms with Crippen molar-refractivity contribution in [2.45, 2.75) is 44.4 Å². The van der Waals surface area contributed by atoms with E-state index in [0.29, 0.717) is 5.92 Å². The predicted molar refractivity (Wildman–Crippen MR) is 115 cm³/mol. The average molecular weight is 377 g/mol. The quantitative estimate of drug-likeness (QED) is 0.647. The van der Waals surface area contributed by atoms with Gasteiger partial charge in [-0.15, -0.1) is 0 Å². The molecule has 0 unspecified atom stereocenters. The van der Waals surface area contributed by atoms with Crippen molar-refractivity contribution in [2.75, 3.05) is 26.7 Å². The highest BCUT2D eigenvalue weighted by Crippen LogP contribution is 2.29. The fourth-order valence-corrected chi connectivity index (χ4v) is 4.56. The molecule has 0 amide bonds. The van der Waals surface area contributed by atoms with Crippen molar-refractivity contribution in [3.05, 3.63) is 71.6 Å². The van der Waals surface area contributed by atoms with Gasteiger partial charge in [0, 0.05) is 24.4 Å². The van der Waals surface area contributed by atoms with Crippen LogP contribution in [0, 0.1) is 5.92 Å². The summed E-state index contributed by atoms with van der Waals surface area (Å²) in [4.78, 5) is 7.50. The smallest absolute Gasteiger partial charge is 0.118 e. The Hall–Kier alpha value is -2.13. The van der Waals surface area contributed by atoms with Crippen LogP contribution < -0.4 is 4.74 Å². The summed E-state index contributed by atoms with van der Waals surface area (Å²) < 4.78 is 5.23. The third-order valence-corrected chi connectivity index (χ3v) is 6.31. The van der Waals surface area contributed by atoms with Gasteiger partial charge in [-0.2, -0.15) is 0 Å². The van der Waals surface area contributed by atoms with Crippen LogP contribution in [0.2, 0.25) is 0 Å². The van der Waals surface area contributed by atoms with Gasteiger partial charge >= 0.3 is 0 Å². The van der Waals surface area contributed by atoms with Crippen LogP contribution in [0.4, 0.5) is 0 Å². The standard InChI is InChI=1S/C25H32N2O/c1-28-24-10-7-20(8-11-24)17-22-9-12-25(26-18-22)23-13-15-27(16-14-23)19-21-5-3-2-4-6-21/h2-3,7-12,18,21,23H,4-6,13-17,19H2,1H3/t21-/m1/s1. The first kappa shape index (κ1) is 19.2. The van der Waals surface area contributed by atoms with Crippen LogP contribution in [-0.2, 0) is 6.42 Å². The molecule has 2 aromatic rings. The molecule has 1 atom stereocenters. The van der Waals surface area contributed by atoms with E-state index in [4.69, 9.17) is 9.72 Å². The van der Waals surface area contributed by atoms with Crippen LogP contribution in [0.15, 0.2) is 54.7 Å². The highest BCUT2D eigenvalue weighted by Gasteiger charge is 2.23. The minimum atomic E-state index is 0.623. The van der Waals surface area contributed by atoms with Gasteiger partial charge in [0.25, 0.3) is 0 Å². The van der Waals surface area contributed by atoms with Gasteiger partial charge < -0.3 is 9.64 Å². The van der Waals surface area contributed by atoms with Gasteiger partial charge in [0.1, 0.15) is 5.75 Å². The Morgan fingerprint density at radius 3 is 2.39 bits per heavy atom. The van der Waals surface area contributed by atoms with Crippen molar-refractivity contribution in [1.29, 1.82) is 0 Å². The Morgan fingerprint density at radius 1 is 0.964 bits per heavy atom. The molecule has 0 radical (unpaired) electrons. The lowest BCUT2D eigenvalue weighted by Gasteiger charge is -2.34. The zero-order valence-electron chi connectivity index (χ0n) is 17.0. The maximum Gasteiger partial charge on any atom is 0.118 e. The fourth-order valence-electron chi connectivity index (χ4n) is 4.56. The van der Waals surface area contributed by atoms with Gasteiger partial charge in [0.15, 0.2) is 0 Å². The third kappa shape index (κ3) is 5.02. The summed E-state index contributed by atoms with van der Waals surface area (Å²) in [5, 5.41) is 0. The molecule has 0 N–H and O–H groups in total. The molecule has 1 aromatic heterocycles. The number of piperidine rings is 1. The first-order valence-corrected chi connectivity index (χ1v) is 10.8. The van der Waals surface area contributed by atoms with Crippen LogP contribution in [0.1, 0.15) is 54.8 Å². The maximum atomic E-state index is 5.23. The molecule has 0 bridgehead atoms. The second-order valence-electron chi connectivity index (χ2n) is 8.34. The molecule has 1 saturated heterocycles. The number of likely N-dealkylation sites (tertiary alicyclic amines) is 1. The molecule has 0 saturated carbocycles. The lowest BCUT2D eigenvalue weighted by Crippen LogP contribution is -2.36. The largest absolute Gasteiger partial charge is 0.497 e. The van der Waals surface area contributed by atoms with Crippen molar-refractivity contribution in [3.63, 3.8) is 0 Å². The molecule has 2 heterocycles. The second-order valence-corrected chi connectivity index (χ2v) is 8.34. The topological polar surface area (TPSA) is 25.4 Å². The third-order valence-electron chi connectivity index (χ3n) is 6.31. The molecule has 28 heavy (non-hydrogen) atoms. The first-order chi connectivity index (χ1) is 13.8. The number of rotatable bonds is 6. The minimum Gasteiger partial charge on any atom is -0.497 e. The molecule has 1 aromatic carbocycles. The maximum absolute atomic E-state index is 5.23. The molecule has 3 nitrogen and oxygen atoms in total. The van der Waals surface area contributed by atoms with Crippen molar-refractivity contribution < 1.29 is 4.74 Å². The molecule has 1 aliphatic heterocycles. The van der Waals surface area contributed by atoms with Crippen molar-refractivity contribution in [3.8, 4) is 5.75 Å². The molecule has 4 rings (SSSR count). The van der Waals surface area contributed by atoms with E-state index in [1.165, 1.54) is 68.6 Å². The van der Waals surface area contributed by atoms with Gasteiger partial charge in [-0.05, 0) is 86.9 Å². The Kier molecular flexibility index (Phi) is 6.43. The molecular weight excluding hydrogens is 344 g/mol. The Balaban J connectivity index is 1.27. The summed E-state index contributed by atoms with van der Waals surface area (Å²) in [6, 6.07) is 12.8. The van der Waals surface area contributed by atoms with Crippen LogP contribution in [0.3, 0.4) is 0 Å². The second kappa shape index (κ2) is 9.38. The zero-order valence-corrected chi connectivity index (χ0v) is 17.0. The van der Waals surface area contributed by atoms with E-state index in [0.717, 1.165) is 18.1 Å². The Morgan fingerprint density at radius 2 is 1.75 bits per heavy atom. The van der Waals surface area contributed by atoms with Crippen LogP contribution in [-0.4, -0.2) is 36.6 Å². The van der Waals surface area contributed by atoms with Gasteiger partial charge in [0.05, 0.1) is 7.11 Å². The Labute approximate surface area is 169 Å². The Bertz CT molecular complexity index is 758. The summed E-state index contributed by atoms with van der Waals surface area (Å²) >= 11 is 0. The van der Waals surface area contributed by atoms with Crippen LogP contribution in [0.25, 0.3) is 0 Å². The first-order valence-electron chi connectivity index (χ1n) is 10.8.